The summed E-state index contributed by atoms with van der Waals surface area (Å²) in [7, 11) is 0. The van der Waals surface area contributed by atoms with Gasteiger partial charge in [0.15, 0.2) is 0 Å². The summed E-state index contributed by atoms with van der Waals surface area (Å²) in [5.41, 5.74) is 2.72. The fraction of sp³-hybridized carbons (Fsp3) is 0.722. The van der Waals surface area contributed by atoms with Crippen LogP contribution in [0.2, 0.25) is 0 Å². The summed E-state index contributed by atoms with van der Waals surface area (Å²) in [4.78, 5) is 25.9. The van der Waals surface area contributed by atoms with Crippen molar-refractivity contribution in [2.75, 3.05) is 0 Å². The number of benzene rings is 1. The van der Waals surface area contributed by atoms with Gasteiger partial charge in [-0.15, -0.1) is 0 Å². The van der Waals surface area contributed by atoms with Crippen molar-refractivity contribution in [1.29, 1.82) is 0 Å². The van der Waals surface area contributed by atoms with Crippen LogP contribution in [0.5, 0.6) is 5.75 Å². The molecule has 0 spiro atoms. The van der Waals surface area contributed by atoms with E-state index in [2.05, 4.69) is 45.1 Å². The van der Waals surface area contributed by atoms with Gasteiger partial charge in [0.25, 0.3) is 0 Å². The molecule has 3 aliphatic rings. The molecule has 0 radical (unpaired) electrons. The van der Waals surface area contributed by atoms with Crippen molar-refractivity contribution < 1.29 is 14.3 Å². The van der Waals surface area contributed by atoms with E-state index in [-0.39, 0.29) is 17.3 Å². The molecule has 3 heteroatoms. The lowest BCUT2D eigenvalue weighted by atomic mass is 9.55. The standard InChI is InChI=1S/C36H54O3/c1-4-6-8-10-11-12-13-15-17-27(16-14-9-7-5-2)35(38)39-29-19-21-30-28(26-29)18-20-32-31(30)24-25-36(3)33(32)22-23-34(36)37/h15,17,19,21,26-27,31-33H,4-14,16,18,20,22-25H2,1-3H3/b17-15-/t27?,31-,32-,33+,36+/m1/s1. The average Bonchev–Trinajstić information content (AvgIpc) is 3.25. The van der Waals surface area contributed by atoms with Gasteiger partial charge in [0.1, 0.15) is 11.5 Å². The third-order valence-electron chi connectivity index (χ3n) is 10.4. The predicted molar refractivity (Wildman–Crippen MR) is 161 cm³/mol. The van der Waals surface area contributed by atoms with Gasteiger partial charge in [0.05, 0.1) is 5.92 Å². The molecule has 0 bridgehead atoms. The Bertz CT molecular complexity index is 978. The Hall–Kier alpha value is -1.90. The number of hydrogen-bond donors (Lipinski definition) is 0. The predicted octanol–water partition coefficient (Wildman–Crippen LogP) is 9.91. The summed E-state index contributed by atoms with van der Waals surface area (Å²) in [5.74, 6) is 2.68. The van der Waals surface area contributed by atoms with E-state index in [0.717, 1.165) is 57.8 Å². The molecule has 1 aromatic rings. The smallest absolute Gasteiger partial charge is 0.318 e. The molecule has 1 unspecified atom stereocenters. The van der Waals surface area contributed by atoms with Crippen LogP contribution in [-0.2, 0) is 16.0 Å². The Morgan fingerprint density at radius 1 is 0.974 bits per heavy atom. The first-order valence-electron chi connectivity index (χ1n) is 16.5. The maximum atomic E-state index is 13.3. The van der Waals surface area contributed by atoms with E-state index < -0.39 is 0 Å². The highest BCUT2D eigenvalue weighted by molar-refractivity contribution is 5.87. The Morgan fingerprint density at radius 3 is 2.51 bits per heavy atom. The first kappa shape index (κ1) is 30.1. The first-order valence-corrected chi connectivity index (χ1v) is 16.5. The topological polar surface area (TPSA) is 43.4 Å². The number of rotatable bonds is 15. The van der Waals surface area contributed by atoms with Crippen LogP contribution in [0.25, 0.3) is 0 Å². The second-order valence-electron chi connectivity index (χ2n) is 13.1. The number of Topliss-reactive ketones (excluding diaryl/α,β-unsaturated/α-hetero) is 1. The summed E-state index contributed by atoms with van der Waals surface area (Å²) in [6, 6.07) is 6.41. The first-order chi connectivity index (χ1) is 19.0. The molecular weight excluding hydrogens is 480 g/mol. The molecule has 5 atom stereocenters. The van der Waals surface area contributed by atoms with E-state index >= 15 is 0 Å². The molecule has 0 aliphatic heterocycles. The van der Waals surface area contributed by atoms with Crippen molar-refractivity contribution in [1.82, 2.24) is 0 Å². The zero-order chi connectivity index (χ0) is 27.7. The van der Waals surface area contributed by atoms with Gasteiger partial charge in [-0.1, -0.05) is 96.8 Å². The fourth-order valence-corrected chi connectivity index (χ4v) is 7.97. The van der Waals surface area contributed by atoms with E-state index in [4.69, 9.17) is 4.74 Å². The number of fused-ring (bicyclic) bond motifs is 5. The van der Waals surface area contributed by atoms with E-state index in [1.807, 2.05) is 6.07 Å². The number of unbranched alkanes of at least 4 members (excludes halogenated alkanes) is 9. The van der Waals surface area contributed by atoms with Gasteiger partial charge in [-0.25, -0.2) is 0 Å². The highest BCUT2D eigenvalue weighted by Gasteiger charge is 2.54. The van der Waals surface area contributed by atoms with Gasteiger partial charge in [0, 0.05) is 11.8 Å². The minimum atomic E-state index is -0.154. The van der Waals surface area contributed by atoms with Crippen LogP contribution < -0.4 is 4.74 Å². The van der Waals surface area contributed by atoms with Gasteiger partial charge in [-0.05, 0) is 92.4 Å². The van der Waals surface area contributed by atoms with Crippen LogP contribution in [0.15, 0.2) is 30.4 Å². The molecule has 216 valence electrons. The molecule has 4 rings (SSSR count). The van der Waals surface area contributed by atoms with Gasteiger partial charge in [0.2, 0.25) is 0 Å². The number of hydrogen-bond acceptors (Lipinski definition) is 3. The molecule has 0 aromatic heterocycles. The van der Waals surface area contributed by atoms with Crippen molar-refractivity contribution >= 4 is 11.8 Å². The second-order valence-corrected chi connectivity index (χ2v) is 13.1. The van der Waals surface area contributed by atoms with Crippen molar-refractivity contribution in [2.45, 2.75) is 142 Å². The van der Waals surface area contributed by atoms with Crippen LogP contribution in [-0.4, -0.2) is 11.8 Å². The van der Waals surface area contributed by atoms with Gasteiger partial charge in [-0.3, -0.25) is 9.59 Å². The van der Waals surface area contributed by atoms with Crippen LogP contribution in [0.4, 0.5) is 0 Å². The van der Waals surface area contributed by atoms with E-state index in [1.54, 1.807) is 0 Å². The number of carbonyl (C=O) groups is 2. The number of allylic oxidation sites excluding steroid dienone is 1. The quantitative estimate of drug-likeness (QED) is 0.0973. The normalized spacial score (nSPS) is 26.7. The zero-order valence-electron chi connectivity index (χ0n) is 25.1. The molecule has 3 nitrogen and oxygen atoms in total. The molecule has 2 saturated carbocycles. The lowest BCUT2D eigenvalue weighted by molar-refractivity contribution is -0.137. The molecular formula is C36H54O3. The van der Waals surface area contributed by atoms with Crippen molar-refractivity contribution in [2.24, 2.45) is 23.2 Å². The van der Waals surface area contributed by atoms with Crippen molar-refractivity contribution in [3.8, 4) is 5.75 Å². The Labute approximate surface area is 238 Å². The van der Waals surface area contributed by atoms with Crippen LogP contribution in [0.1, 0.15) is 147 Å². The molecule has 0 amide bonds. The lowest BCUT2D eigenvalue weighted by Crippen LogP contribution is -2.42. The van der Waals surface area contributed by atoms with E-state index in [1.165, 1.54) is 68.9 Å². The molecule has 0 N–H and O–H groups in total. The van der Waals surface area contributed by atoms with Crippen molar-refractivity contribution in [3.63, 3.8) is 0 Å². The van der Waals surface area contributed by atoms with E-state index in [0.29, 0.717) is 29.3 Å². The number of ketones is 1. The minimum Gasteiger partial charge on any atom is -0.426 e. The molecule has 2 fully saturated rings. The largest absolute Gasteiger partial charge is 0.426 e. The molecule has 1 aromatic carbocycles. The lowest BCUT2D eigenvalue weighted by Gasteiger charge is -2.48. The summed E-state index contributed by atoms with van der Waals surface area (Å²) >= 11 is 0. The number of ether oxygens (including phenoxy) is 1. The van der Waals surface area contributed by atoms with Crippen LogP contribution in [0.3, 0.4) is 0 Å². The number of aryl methyl sites for hydroxylation is 1. The summed E-state index contributed by atoms with van der Waals surface area (Å²) in [5, 5.41) is 0. The Morgan fingerprint density at radius 2 is 1.72 bits per heavy atom. The minimum absolute atomic E-state index is 0.0805. The average molecular weight is 535 g/mol. The highest BCUT2D eigenvalue weighted by atomic mass is 16.5. The van der Waals surface area contributed by atoms with Crippen LogP contribution >= 0.6 is 0 Å². The summed E-state index contributed by atoms with van der Waals surface area (Å²) < 4.78 is 6.02. The molecule has 39 heavy (non-hydrogen) atoms. The van der Waals surface area contributed by atoms with Crippen LogP contribution in [0, 0.1) is 23.2 Å². The van der Waals surface area contributed by atoms with Crippen molar-refractivity contribution in [3.05, 3.63) is 41.5 Å². The zero-order valence-corrected chi connectivity index (χ0v) is 25.1. The third kappa shape index (κ3) is 7.44. The van der Waals surface area contributed by atoms with Gasteiger partial charge in [-0.2, -0.15) is 0 Å². The Kier molecular flexibility index (Phi) is 11.3. The maximum Gasteiger partial charge on any atom is 0.318 e. The number of carbonyl (C=O) groups excluding carboxylic acids is 2. The van der Waals surface area contributed by atoms with Gasteiger partial charge >= 0.3 is 5.97 Å². The Balaban J connectivity index is 1.35. The molecule has 0 heterocycles. The second kappa shape index (κ2) is 14.6. The number of esters is 1. The molecule has 3 aliphatic carbocycles. The SMILES string of the molecule is CCCCCCCC/C=C\C(CCCCCC)C(=O)Oc1ccc2c(c1)CC[C@@H]1[C@@H]2CC[C@]2(C)C(=O)CC[C@@H]12. The van der Waals surface area contributed by atoms with E-state index in [9.17, 15) is 9.59 Å². The highest BCUT2D eigenvalue weighted by Crippen LogP contribution is 2.59. The molecule has 0 saturated heterocycles. The maximum absolute atomic E-state index is 13.3. The monoisotopic (exact) mass is 534 g/mol. The summed E-state index contributed by atoms with van der Waals surface area (Å²) in [6.45, 7) is 6.72. The summed E-state index contributed by atoms with van der Waals surface area (Å²) in [6.07, 6.45) is 24.9. The fourth-order valence-electron chi connectivity index (χ4n) is 7.97. The van der Waals surface area contributed by atoms with Gasteiger partial charge < -0.3 is 4.74 Å². The third-order valence-corrected chi connectivity index (χ3v) is 10.4.